The van der Waals surface area contributed by atoms with E-state index in [2.05, 4.69) is 10.4 Å². The van der Waals surface area contributed by atoms with Gasteiger partial charge in [0, 0.05) is 6.20 Å². The SMILES string of the molecule is O=C1NN(c2ccccn2)C(=O)C1=CC=Cc1ccccc1. The van der Waals surface area contributed by atoms with Gasteiger partial charge in [0.2, 0.25) is 0 Å². The second-order valence-corrected chi connectivity index (χ2v) is 4.62. The summed E-state index contributed by atoms with van der Waals surface area (Å²) in [7, 11) is 0. The Hall–Kier alpha value is -3.21. The molecule has 3 rings (SSSR count). The van der Waals surface area contributed by atoms with Gasteiger partial charge in [0.1, 0.15) is 5.57 Å². The Bertz CT molecular complexity index is 752. The van der Waals surface area contributed by atoms with E-state index >= 15 is 0 Å². The van der Waals surface area contributed by atoms with Crippen LogP contribution in [0.5, 0.6) is 0 Å². The van der Waals surface area contributed by atoms with Crippen molar-refractivity contribution in [3.05, 3.63) is 78.0 Å². The summed E-state index contributed by atoms with van der Waals surface area (Å²) < 4.78 is 0. The summed E-state index contributed by atoms with van der Waals surface area (Å²) in [6, 6.07) is 14.8. The van der Waals surface area contributed by atoms with Crippen LogP contribution >= 0.6 is 0 Å². The number of aromatic nitrogens is 1. The molecule has 0 radical (unpaired) electrons. The standard InChI is InChI=1S/C17H13N3O2/c21-16-14(10-6-9-13-7-2-1-3-8-13)17(22)20(19-16)15-11-4-5-12-18-15/h1-12H,(H,19,21). The Labute approximate surface area is 127 Å². The van der Waals surface area contributed by atoms with Crippen molar-refractivity contribution < 1.29 is 9.59 Å². The summed E-state index contributed by atoms with van der Waals surface area (Å²) in [5, 5.41) is 1.14. The third kappa shape index (κ3) is 2.78. The fourth-order valence-corrected chi connectivity index (χ4v) is 2.04. The minimum absolute atomic E-state index is 0.0813. The molecular formula is C17H13N3O2. The predicted molar refractivity (Wildman–Crippen MR) is 83.4 cm³/mol. The van der Waals surface area contributed by atoms with Crippen molar-refractivity contribution in [2.75, 3.05) is 5.01 Å². The van der Waals surface area contributed by atoms with Gasteiger partial charge in [-0.1, -0.05) is 48.6 Å². The monoisotopic (exact) mass is 291 g/mol. The van der Waals surface area contributed by atoms with Gasteiger partial charge in [-0.25, -0.2) is 4.98 Å². The molecule has 0 atom stereocenters. The third-order valence-electron chi connectivity index (χ3n) is 3.12. The molecule has 1 aromatic heterocycles. The first kappa shape index (κ1) is 13.8. The molecule has 2 amide bonds. The maximum Gasteiger partial charge on any atom is 0.284 e. The van der Waals surface area contributed by atoms with Crippen molar-refractivity contribution in [2.45, 2.75) is 0 Å². The van der Waals surface area contributed by atoms with Crippen molar-refractivity contribution in [3.63, 3.8) is 0 Å². The lowest BCUT2D eigenvalue weighted by Gasteiger charge is -2.12. The summed E-state index contributed by atoms with van der Waals surface area (Å²) in [5.74, 6) is -0.467. The van der Waals surface area contributed by atoms with Crippen LogP contribution in [0.2, 0.25) is 0 Å². The number of benzene rings is 1. The van der Waals surface area contributed by atoms with Crippen LogP contribution in [0.3, 0.4) is 0 Å². The van der Waals surface area contributed by atoms with Crippen LogP contribution in [0.4, 0.5) is 5.82 Å². The number of hydrogen-bond acceptors (Lipinski definition) is 3. The molecule has 0 bridgehead atoms. The number of nitrogens with zero attached hydrogens (tertiary/aromatic N) is 2. The topological polar surface area (TPSA) is 62.3 Å². The lowest BCUT2D eigenvalue weighted by Crippen LogP contribution is -2.36. The van der Waals surface area contributed by atoms with E-state index < -0.39 is 11.8 Å². The molecule has 2 aromatic rings. The van der Waals surface area contributed by atoms with Crippen molar-refractivity contribution in [1.29, 1.82) is 0 Å². The predicted octanol–water partition coefficient (Wildman–Crippen LogP) is 2.10. The third-order valence-corrected chi connectivity index (χ3v) is 3.12. The largest absolute Gasteiger partial charge is 0.284 e. The number of rotatable bonds is 3. The Kier molecular flexibility index (Phi) is 3.78. The Morgan fingerprint density at radius 3 is 2.50 bits per heavy atom. The summed E-state index contributed by atoms with van der Waals surface area (Å²) in [4.78, 5) is 28.2. The van der Waals surface area contributed by atoms with Gasteiger partial charge in [-0.15, -0.1) is 0 Å². The Morgan fingerprint density at radius 1 is 1.00 bits per heavy atom. The lowest BCUT2D eigenvalue weighted by atomic mass is 10.2. The highest BCUT2D eigenvalue weighted by molar-refractivity contribution is 6.29. The van der Waals surface area contributed by atoms with Crippen molar-refractivity contribution >= 4 is 23.7 Å². The number of pyridine rings is 1. The maximum absolute atomic E-state index is 12.3. The highest BCUT2D eigenvalue weighted by Crippen LogP contribution is 2.17. The van der Waals surface area contributed by atoms with Crippen LogP contribution in [-0.2, 0) is 9.59 Å². The van der Waals surface area contributed by atoms with Gasteiger partial charge in [-0.2, -0.15) is 5.01 Å². The normalized spacial score (nSPS) is 16.5. The van der Waals surface area contributed by atoms with Crippen LogP contribution in [0.15, 0.2) is 72.5 Å². The van der Waals surface area contributed by atoms with Crippen molar-refractivity contribution in [3.8, 4) is 0 Å². The van der Waals surface area contributed by atoms with Gasteiger partial charge < -0.3 is 0 Å². The molecule has 1 aromatic carbocycles. The van der Waals surface area contributed by atoms with E-state index in [4.69, 9.17) is 0 Å². The number of allylic oxidation sites excluding steroid dienone is 2. The quantitative estimate of drug-likeness (QED) is 0.696. The summed E-state index contributed by atoms with van der Waals surface area (Å²) in [6.45, 7) is 0. The molecule has 108 valence electrons. The minimum atomic E-state index is -0.437. The highest BCUT2D eigenvalue weighted by Gasteiger charge is 2.34. The van der Waals surface area contributed by atoms with Crippen LogP contribution in [0.1, 0.15) is 5.56 Å². The van der Waals surface area contributed by atoms with Crippen LogP contribution in [0.25, 0.3) is 6.08 Å². The van der Waals surface area contributed by atoms with E-state index in [1.165, 1.54) is 6.08 Å². The molecule has 1 saturated heterocycles. The van der Waals surface area contributed by atoms with E-state index in [1.807, 2.05) is 36.4 Å². The number of amides is 2. The van der Waals surface area contributed by atoms with Gasteiger partial charge in [0.15, 0.2) is 5.82 Å². The molecule has 5 nitrogen and oxygen atoms in total. The second kappa shape index (κ2) is 6.05. The molecule has 1 aliphatic heterocycles. The summed E-state index contributed by atoms with van der Waals surface area (Å²) in [5.41, 5.74) is 3.57. The van der Waals surface area contributed by atoms with Crippen molar-refractivity contribution in [1.82, 2.24) is 10.4 Å². The van der Waals surface area contributed by atoms with Gasteiger partial charge >= 0.3 is 0 Å². The zero-order valence-corrected chi connectivity index (χ0v) is 11.6. The number of nitrogens with one attached hydrogen (secondary N) is 1. The van der Waals surface area contributed by atoms with E-state index in [0.717, 1.165) is 10.6 Å². The highest BCUT2D eigenvalue weighted by atomic mass is 16.2. The Morgan fingerprint density at radius 2 is 1.77 bits per heavy atom. The van der Waals surface area contributed by atoms with E-state index in [9.17, 15) is 9.59 Å². The molecule has 0 spiro atoms. The Balaban J connectivity index is 1.80. The zero-order chi connectivity index (χ0) is 15.4. The van der Waals surface area contributed by atoms with Gasteiger partial charge in [-0.3, -0.25) is 15.0 Å². The molecule has 5 heteroatoms. The molecule has 0 aliphatic carbocycles. The van der Waals surface area contributed by atoms with Gasteiger partial charge in [0.05, 0.1) is 0 Å². The molecule has 22 heavy (non-hydrogen) atoms. The summed E-state index contributed by atoms with van der Waals surface area (Å²) >= 11 is 0. The number of carbonyl (C=O) groups is 2. The van der Waals surface area contributed by atoms with Crippen molar-refractivity contribution in [2.24, 2.45) is 0 Å². The fourth-order valence-electron chi connectivity index (χ4n) is 2.04. The molecule has 1 aliphatic rings. The number of hydrazine groups is 1. The summed E-state index contributed by atoms with van der Waals surface area (Å²) in [6.07, 6.45) is 6.58. The average molecular weight is 291 g/mol. The first-order chi connectivity index (χ1) is 10.8. The van der Waals surface area contributed by atoms with Gasteiger partial charge in [0.25, 0.3) is 11.8 Å². The van der Waals surface area contributed by atoms with Crippen LogP contribution in [0, 0.1) is 0 Å². The lowest BCUT2D eigenvalue weighted by molar-refractivity contribution is -0.117. The van der Waals surface area contributed by atoms with Crippen LogP contribution in [-0.4, -0.2) is 16.8 Å². The first-order valence-corrected chi connectivity index (χ1v) is 6.75. The molecule has 1 fully saturated rings. The van der Waals surface area contributed by atoms with Gasteiger partial charge in [-0.05, 0) is 23.8 Å². The fraction of sp³-hybridized carbons (Fsp3) is 0. The zero-order valence-electron chi connectivity index (χ0n) is 11.6. The first-order valence-electron chi connectivity index (χ1n) is 6.75. The molecular weight excluding hydrogens is 278 g/mol. The number of carbonyl (C=O) groups excluding carboxylic acids is 2. The van der Waals surface area contributed by atoms with E-state index in [0.29, 0.717) is 5.82 Å². The van der Waals surface area contributed by atoms with E-state index in [1.54, 1.807) is 30.5 Å². The molecule has 0 unspecified atom stereocenters. The smallest absolute Gasteiger partial charge is 0.267 e. The molecule has 0 saturated carbocycles. The number of hydrogen-bond donors (Lipinski definition) is 1. The minimum Gasteiger partial charge on any atom is -0.267 e. The number of anilines is 1. The maximum atomic E-state index is 12.3. The molecule has 1 N–H and O–H groups in total. The van der Waals surface area contributed by atoms with Crippen LogP contribution < -0.4 is 10.4 Å². The molecule has 2 heterocycles. The average Bonchev–Trinajstić information content (AvgIpc) is 2.85. The second-order valence-electron chi connectivity index (χ2n) is 4.62. The van der Waals surface area contributed by atoms with E-state index in [-0.39, 0.29) is 5.57 Å².